The van der Waals surface area contributed by atoms with Crippen LogP contribution in [-0.2, 0) is 6.54 Å². The number of rotatable bonds is 6. The minimum Gasteiger partial charge on any atom is -0.464 e. The molecule has 0 aliphatic carbocycles. The molecule has 0 atom stereocenters. The molecule has 0 N–H and O–H groups in total. The molecule has 0 saturated heterocycles. The van der Waals surface area contributed by atoms with Crippen molar-refractivity contribution >= 4 is 22.7 Å². The second-order valence-corrected chi connectivity index (χ2v) is 5.70. The first-order valence-corrected chi connectivity index (χ1v) is 8.68. The molecule has 0 saturated carbocycles. The van der Waals surface area contributed by atoms with Gasteiger partial charge in [0.1, 0.15) is 5.58 Å². The van der Waals surface area contributed by atoms with Gasteiger partial charge in [0, 0.05) is 36.2 Å². The molecule has 0 radical (unpaired) electrons. The van der Waals surface area contributed by atoms with Gasteiger partial charge in [-0.2, -0.15) is 0 Å². The van der Waals surface area contributed by atoms with Gasteiger partial charge in [-0.05, 0) is 30.8 Å². The Kier molecular flexibility index (Phi) is 7.12. The average molecular weight is 352 g/mol. The molecule has 0 amide bonds. The monoisotopic (exact) mass is 352 g/mol. The Morgan fingerprint density at radius 2 is 1.81 bits per heavy atom. The van der Waals surface area contributed by atoms with E-state index in [1.807, 2.05) is 51.2 Å². The molecule has 2 aromatic carbocycles. The number of fused-ring (bicyclic) bond motifs is 1. The van der Waals surface area contributed by atoms with Gasteiger partial charge in [0.05, 0.1) is 11.2 Å². The first kappa shape index (κ1) is 19.4. The van der Waals surface area contributed by atoms with Crippen LogP contribution in [0.1, 0.15) is 25.0 Å². The normalized spacial score (nSPS) is 10.9. The number of hydrogen-bond donors (Lipinski definition) is 0. The van der Waals surface area contributed by atoms with E-state index in [-0.39, 0.29) is 5.69 Å². The van der Waals surface area contributed by atoms with Crippen LogP contribution in [0.2, 0.25) is 0 Å². The number of nitro groups is 1. The maximum Gasteiger partial charge on any atom is 0.269 e. The van der Waals surface area contributed by atoms with Crippen molar-refractivity contribution in [3.05, 3.63) is 82.1 Å². The number of nitrogens with zero attached hydrogens (tertiary/aromatic N) is 2. The van der Waals surface area contributed by atoms with Crippen LogP contribution in [0.4, 0.5) is 5.69 Å². The topological polar surface area (TPSA) is 59.5 Å². The molecule has 0 fully saturated rings. The highest BCUT2D eigenvalue weighted by atomic mass is 16.6. The van der Waals surface area contributed by atoms with E-state index in [0.717, 1.165) is 35.2 Å². The number of furan rings is 1. The summed E-state index contributed by atoms with van der Waals surface area (Å²) in [4.78, 5) is 12.4. The lowest BCUT2D eigenvalue weighted by Gasteiger charge is -2.13. The molecule has 0 unspecified atom stereocenters. The summed E-state index contributed by atoms with van der Waals surface area (Å²) in [5.41, 5.74) is 3.12. The fourth-order valence-corrected chi connectivity index (χ4v) is 2.59. The Hall–Kier alpha value is -2.92. The second kappa shape index (κ2) is 9.53. The van der Waals surface area contributed by atoms with Gasteiger partial charge >= 0.3 is 0 Å². The minimum absolute atomic E-state index is 0.108. The third kappa shape index (κ3) is 5.04. The zero-order valence-corrected chi connectivity index (χ0v) is 15.4. The molecule has 136 valence electrons. The fourth-order valence-electron chi connectivity index (χ4n) is 2.59. The van der Waals surface area contributed by atoms with Gasteiger partial charge < -0.3 is 4.42 Å². The Morgan fingerprint density at radius 1 is 1.12 bits per heavy atom. The molecule has 26 heavy (non-hydrogen) atoms. The van der Waals surface area contributed by atoms with Crippen LogP contribution in [0.25, 0.3) is 17.0 Å². The van der Waals surface area contributed by atoms with Gasteiger partial charge in [0.15, 0.2) is 0 Å². The van der Waals surface area contributed by atoms with E-state index in [1.165, 1.54) is 12.1 Å². The lowest BCUT2D eigenvalue weighted by Crippen LogP contribution is -2.17. The van der Waals surface area contributed by atoms with Crippen molar-refractivity contribution in [3.63, 3.8) is 0 Å². The van der Waals surface area contributed by atoms with Gasteiger partial charge in [-0.1, -0.05) is 44.2 Å². The Morgan fingerprint density at radius 3 is 2.50 bits per heavy atom. The Labute approximate surface area is 153 Å². The first-order chi connectivity index (χ1) is 12.6. The predicted molar refractivity (Wildman–Crippen MR) is 106 cm³/mol. The molecule has 0 aliphatic heterocycles. The highest BCUT2D eigenvalue weighted by Crippen LogP contribution is 2.21. The van der Waals surface area contributed by atoms with E-state index in [9.17, 15) is 10.1 Å². The third-order valence-corrected chi connectivity index (χ3v) is 3.83. The largest absolute Gasteiger partial charge is 0.464 e. The maximum atomic E-state index is 10.6. The number of likely N-dealkylation sites (N-methyl/N-ethyl adjacent to an activating group) is 1. The predicted octanol–water partition coefficient (Wildman–Crippen LogP) is 5.51. The van der Waals surface area contributed by atoms with Crippen LogP contribution < -0.4 is 0 Å². The fraction of sp³-hybridized carbons (Fsp3) is 0.238. The van der Waals surface area contributed by atoms with Crippen LogP contribution in [0.3, 0.4) is 0 Å². The Balaban J connectivity index is 0.00000117. The average Bonchev–Trinajstić information content (AvgIpc) is 3.07. The number of hydrogen-bond acceptors (Lipinski definition) is 4. The molecule has 1 heterocycles. The van der Waals surface area contributed by atoms with E-state index in [0.29, 0.717) is 0 Å². The molecule has 0 spiro atoms. The molecule has 5 nitrogen and oxygen atoms in total. The van der Waals surface area contributed by atoms with Crippen molar-refractivity contribution in [1.29, 1.82) is 0 Å². The molecule has 5 heteroatoms. The number of nitro benzene ring substituents is 1. The highest BCUT2D eigenvalue weighted by molar-refractivity contribution is 5.80. The second-order valence-electron chi connectivity index (χ2n) is 5.70. The van der Waals surface area contributed by atoms with Crippen LogP contribution in [0.15, 0.2) is 65.3 Å². The van der Waals surface area contributed by atoms with Crippen molar-refractivity contribution in [3.8, 4) is 0 Å². The van der Waals surface area contributed by atoms with E-state index in [2.05, 4.69) is 11.0 Å². The summed E-state index contributed by atoms with van der Waals surface area (Å²) in [5, 5.41) is 11.8. The number of non-ortho nitro benzene ring substituents is 1. The first-order valence-electron chi connectivity index (χ1n) is 8.68. The van der Waals surface area contributed by atoms with Crippen molar-refractivity contribution < 1.29 is 9.34 Å². The van der Waals surface area contributed by atoms with Crippen LogP contribution in [0.5, 0.6) is 0 Å². The molecular weight excluding hydrogens is 328 g/mol. The summed E-state index contributed by atoms with van der Waals surface area (Å²) in [6.45, 7) is 5.57. The van der Waals surface area contributed by atoms with E-state index >= 15 is 0 Å². The lowest BCUT2D eigenvalue weighted by molar-refractivity contribution is -0.384. The van der Waals surface area contributed by atoms with Crippen molar-refractivity contribution in [2.75, 3.05) is 13.6 Å². The van der Waals surface area contributed by atoms with Crippen molar-refractivity contribution in [2.24, 2.45) is 0 Å². The van der Waals surface area contributed by atoms with Crippen molar-refractivity contribution in [1.82, 2.24) is 4.90 Å². The van der Waals surface area contributed by atoms with Gasteiger partial charge in [0.25, 0.3) is 5.69 Å². The molecular formula is C21H24N2O3. The minimum atomic E-state index is -0.392. The van der Waals surface area contributed by atoms with E-state index in [1.54, 1.807) is 18.4 Å². The summed E-state index contributed by atoms with van der Waals surface area (Å²) in [5.74, 6) is 0. The highest BCUT2D eigenvalue weighted by Gasteiger charge is 2.07. The Bertz CT molecular complexity index is 866. The third-order valence-electron chi connectivity index (χ3n) is 3.83. The summed E-state index contributed by atoms with van der Waals surface area (Å²) >= 11 is 0. The molecule has 1 aromatic heterocycles. The van der Waals surface area contributed by atoms with Crippen molar-refractivity contribution in [2.45, 2.75) is 20.4 Å². The summed E-state index contributed by atoms with van der Waals surface area (Å²) in [6.07, 6.45) is 5.82. The zero-order chi connectivity index (χ0) is 18.9. The smallest absolute Gasteiger partial charge is 0.269 e. The zero-order valence-electron chi connectivity index (χ0n) is 15.4. The molecule has 0 bridgehead atoms. The maximum absolute atomic E-state index is 10.6. The van der Waals surface area contributed by atoms with Gasteiger partial charge in [-0.25, -0.2) is 0 Å². The summed E-state index contributed by atoms with van der Waals surface area (Å²) in [6, 6.07) is 14.5. The standard InChI is InChI=1S/C19H18N2O3.C2H6/c1-20(13-16-14-24-19-7-3-2-6-18(16)19)12-4-5-15-8-10-17(11-9-15)21(22)23;1-2/h2-11,14H,12-13H2,1H3;1-2H3/b5-4+;. The van der Waals surface area contributed by atoms with Gasteiger partial charge in [-0.3, -0.25) is 15.0 Å². The van der Waals surface area contributed by atoms with Crippen LogP contribution in [0, 0.1) is 10.1 Å². The van der Waals surface area contributed by atoms with Gasteiger partial charge in [-0.15, -0.1) is 0 Å². The number of benzene rings is 2. The number of para-hydroxylation sites is 1. The van der Waals surface area contributed by atoms with E-state index in [4.69, 9.17) is 4.42 Å². The SMILES string of the molecule is CC.CN(C/C=C/c1ccc([N+](=O)[O-])cc1)Cc1coc2ccccc12. The van der Waals surface area contributed by atoms with Crippen LogP contribution >= 0.6 is 0 Å². The molecule has 3 rings (SSSR count). The van der Waals surface area contributed by atoms with E-state index < -0.39 is 4.92 Å². The quantitative estimate of drug-likeness (QED) is 0.433. The van der Waals surface area contributed by atoms with Crippen LogP contribution in [-0.4, -0.2) is 23.4 Å². The summed E-state index contributed by atoms with van der Waals surface area (Å²) < 4.78 is 5.55. The molecule has 3 aromatic rings. The summed E-state index contributed by atoms with van der Waals surface area (Å²) in [7, 11) is 2.04. The van der Waals surface area contributed by atoms with Gasteiger partial charge in [0.2, 0.25) is 0 Å². The lowest BCUT2D eigenvalue weighted by atomic mass is 10.1. The molecule has 0 aliphatic rings.